The van der Waals surface area contributed by atoms with Gasteiger partial charge in [0.15, 0.2) is 9.84 Å². The van der Waals surface area contributed by atoms with Crippen LogP contribution in [-0.2, 0) is 9.84 Å². The van der Waals surface area contributed by atoms with Crippen molar-refractivity contribution in [3.05, 3.63) is 45.3 Å². The Morgan fingerprint density at radius 2 is 1.90 bits per heavy atom. The van der Waals surface area contributed by atoms with Gasteiger partial charge in [0.1, 0.15) is 11.3 Å². The molecule has 0 amide bonds. The van der Waals surface area contributed by atoms with E-state index in [1.54, 1.807) is 12.1 Å². The number of hydrogen-bond acceptors (Lipinski definition) is 3. The molecule has 7 heteroatoms. The van der Waals surface area contributed by atoms with Crippen LogP contribution in [0.4, 0.5) is 0 Å². The maximum Gasteiger partial charge on any atom is 0.177 e. The van der Waals surface area contributed by atoms with E-state index in [0.29, 0.717) is 16.9 Å². The fourth-order valence-electron chi connectivity index (χ4n) is 2.11. The average molecular weight is 430 g/mol. The Bertz CT molecular complexity index is 949. The molecule has 0 radical (unpaired) electrons. The van der Waals surface area contributed by atoms with Crippen molar-refractivity contribution >= 4 is 52.7 Å². The van der Waals surface area contributed by atoms with E-state index in [9.17, 15) is 8.42 Å². The van der Waals surface area contributed by atoms with Crippen molar-refractivity contribution < 1.29 is 8.42 Å². The third kappa shape index (κ3) is 2.77. The smallest absolute Gasteiger partial charge is 0.177 e. The molecule has 3 rings (SSSR count). The molecule has 0 spiro atoms. The van der Waals surface area contributed by atoms with E-state index < -0.39 is 9.84 Å². The zero-order chi connectivity index (χ0) is 15.2. The minimum Gasteiger partial charge on any atom is -0.338 e. The highest BCUT2D eigenvalue weighted by Crippen LogP contribution is 2.31. The van der Waals surface area contributed by atoms with E-state index in [2.05, 4.69) is 41.8 Å². The zero-order valence-electron chi connectivity index (χ0n) is 10.9. The van der Waals surface area contributed by atoms with Gasteiger partial charge in [0.25, 0.3) is 0 Å². The summed E-state index contributed by atoms with van der Waals surface area (Å²) in [5.74, 6) is 0.620. The molecule has 1 aromatic heterocycles. The molecule has 2 aromatic carbocycles. The third-order valence-corrected chi connectivity index (χ3v) is 5.37. The summed E-state index contributed by atoms with van der Waals surface area (Å²) in [7, 11) is -3.32. The topological polar surface area (TPSA) is 62.8 Å². The van der Waals surface area contributed by atoms with E-state index in [1.165, 1.54) is 6.26 Å². The zero-order valence-corrected chi connectivity index (χ0v) is 14.9. The summed E-state index contributed by atoms with van der Waals surface area (Å²) < 4.78 is 25.5. The molecule has 0 fully saturated rings. The lowest BCUT2D eigenvalue weighted by molar-refractivity contribution is 0.602. The molecule has 21 heavy (non-hydrogen) atoms. The predicted molar refractivity (Wildman–Crippen MR) is 90.0 cm³/mol. The molecule has 0 bridgehead atoms. The molecule has 1 N–H and O–H groups in total. The summed E-state index contributed by atoms with van der Waals surface area (Å²) >= 11 is 6.91. The van der Waals surface area contributed by atoms with E-state index in [-0.39, 0.29) is 4.90 Å². The van der Waals surface area contributed by atoms with Crippen LogP contribution in [0.2, 0.25) is 0 Å². The van der Waals surface area contributed by atoms with Gasteiger partial charge in [-0.05, 0) is 30.3 Å². The number of imidazole rings is 1. The van der Waals surface area contributed by atoms with Gasteiger partial charge in [0, 0.05) is 20.8 Å². The van der Waals surface area contributed by atoms with Gasteiger partial charge < -0.3 is 4.98 Å². The summed E-state index contributed by atoms with van der Waals surface area (Å²) in [5, 5.41) is 0. The molecular formula is C14H10Br2N2O2S. The first kappa shape index (κ1) is 14.7. The summed E-state index contributed by atoms with van der Waals surface area (Å²) in [5.41, 5.74) is 2.02. The molecule has 0 aliphatic carbocycles. The number of rotatable bonds is 2. The first-order valence-corrected chi connectivity index (χ1v) is 9.48. The van der Waals surface area contributed by atoms with E-state index in [0.717, 1.165) is 14.5 Å². The number of benzene rings is 2. The lowest BCUT2D eigenvalue weighted by Crippen LogP contribution is -1.97. The molecular weight excluding hydrogens is 420 g/mol. The molecule has 0 saturated carbocycles. The Morgan fingerprint density at radius 1 is 1.14 bits per heavy atom. The SMILES string of the molecule is CS(=O)(=O)c1cccc2[nH]c(-c3cc(Br)ccc3Br)nc12. The molecule has 0 atom stereocenters. The van der Waals surface area contributed by atoms with Crippen molar-refractivity contribution in [2.75, 3.05) is 6.26 Å². The molecule has 0 aliphatic heterocycles. The fraction of sp³-hybridized carbons (Fsp3) is 0.0714. The lowest BCUT2D eigenvalue weighted by atomic mass is 10.2. The van der Waals surface area contributed by atoms with E-state index >= 15 is 0 Å². The van der Waals surface area contributed by atoms with Gasteiger partial charge in [-0.15, -0.1) is 0 Å². The second-order valence-electron chi connectivity index (χ2n) is 4.63. The van der Waals surface area contributed by atoms with Gasteiger partial charge in [-0.3, -0.25) is 0 Å². The second-order valence-corrected chi connectivity index (χ2v) is 8.39. The van der Waals surface area contributed by atoms with Crippen LogP contribution in [0.3, 0.4) is 0 Å². The lowest BCUT2D eigenvalue weighted by Gasteiger charge is -2.01. The standard InChI is InChI=1S/C14H10Br2N2O2S/c1-21(19,20)12-4-2-3-11-13(12)18-14(17-11)9-7-8(15)5-6-10(9)16/h2-7H,1H3,(H,17,18). The highest BCUT2D eigenvalue weighted by Gasteiger charge is 2.16. The van der Waals surface area contributed by atoms with Crippen LogP contribution in [0.5, 0.6) is 0 Å². The number of nitrogens with one attached hydrogen (secondary N) is 1. The van der Waals surface area contributed by atoms with Gasteiger partial charge in [-0.2, -0.15) is 0 Å². The Kier molecular flexibility index (Phi) is 3.67. The fourth-order valence-corrected chi connectivity index (χ4v) is 3.74. The first-order chi connectivity index (χ1) is 9.86. The van der Waals surface area contributed by atoms with Crippen LogP contribution < -0.4 is 0 Å². The first-order valence-electron chi connectivity index (χ1n) is 6.00. The molecule has 108 valence electrons. The van der Waals surface area contributed by atoms with Gasteiger partial charge in [0.05, 0.1) is 10.4 Å². The second kappa shape index (κ2) is 5.23. The number of sulfone groups is 1. The van der Waals surface area contributed by atoms with Crippen LogP contribution in [0, 0.1) is 0 Å². The van der Waals surface area contributed by atoms with Crippen molar-refractivity contribution in [3.63, 3.8) is 0 Å². The molecule has 0 saturated heterocycles. The average Bonchev–Trinajstić information content (AvgIpc) is 2.83. The van der Waals surface area contributed by atoms with Crippen LogP contribution >= 0.6 is 31.9 Å². The Hall–Kier alpha value is -1.18. The number of hydrogen-bond donors (Lipinski definition) is 1. The molecule has 4 nitrogen and oxygen atoms in total. The van der Waals surface area contributed by atoms with Gasteiger partial charge in [-0.1, -0.05) is 37.9 Å². The van der Waals surface area contributed by atoms with Crippen LogP contribution in [0.1, 0.15) is 0 Å². The molecule has 3 aromatic rings. The monoisotopic (exact) mass is 428 g/mol. The van der Waals surface area contributed by atoms with Crippen molar-refractivity contribution in [3.8, 4) is 11.4 Å². The number of para-hydroxylation sites is 1. The Morgan fingerprint density at radius 3 is 2.62 bits per heavy atom. The number of halogens is 2. The number of aromatic amines is 1. The van der Waals surface area contributed by atoms with Crippen LogP contribution in [0.15, 0.2) is 50.2 Å². The third-order valence-electron chi connectivity index (χ3n) is 3.06. The van der Waals surface area contributed by atoms with E-state index in [1.807, 2.05) is 24.3 Å². The minimum absolute atomic E-state index is 0.230. The number of nitrogens with zero attached hydrogens (tertiary/aromatic N) is 1. The van der Waals surface area contributed by atoms with Gasteiger partial charge in [-0.25, -0.2) is 13.4 Å². The number of H-pyrrole nitrogens is 1. The van der Waals surface area contributed by atoms with E-state index in [4.69, 9.17) is 0 Å². The Labute approximate surface area is 138 Å². The molecule has 1 heterocycles. The summed E-state index contributed by atoms with van der Waals surface area (Å²) in [4.78, 5) is 7.86. The largest absolute Gasteiger partial charge is 0.338 e. The summed E-state index contributed by atoms with van der Waals surface area (Å²) in [6, 6.07) is 10.8. The van der Waals surface area contributed by atoms with Crippen molar-refractivity contribution in [2.45, 2.75) is 4.90 Å². The number of aromatic nitrogens is 2. The highest BCUT2D eigenvalue weighted by molar-refractivity contribution is 9.11. The Balaban J connectivity index is 2.30. The van der Waals surface area contributed by atoms with Crippen molar-refractivity contribution in [1.82, 2.24) is 9.97 Å². The van der Waals surface area contributed by atoms with Crippen molar-refractivity contribution in [1.29, 1.82) is 0 Å². The minimum atomic E-state index is -3.32. The van der Waals surface area contributed by atoms with Crippen molar-refractivity contribution in [2.24, 2.45) is 0 Å². The normalized spacial score (nSPS) is 12.0. The van der Waals surface area contributed by atoms with Crippen LogP contribution in [0.25, 0.3) is 22.4 Å². The summed E-state index contributed by atoms with van der Waals surface area (Å²) in [6.07, 6.45) is 1.19. The quantitative estimate of drug-likeness (QED) is 0.665. The predicted octanol–water partition coefficient (Wildman–Crippen LogP) is 4.16. The number of fused-ring (bicyclic) bond motifs is 1. The van der Waals surface area contributed by atoms with Gasteiger partial charge >= 0.3 is 0 Å². The summed E-state index contributed by atoms with van der Waals surface area (Å²) in [6.45, 7) is 0. The highest BCUT2D eigenvalue weighted by atomic mass is 79.9. The van der Waals surface area contributed by atoms with Gasteiger partial charge in [0.2, 0.25) is 0 Å². The maximum absolute atomic E-state index is 11.8. The molecule has 0 unspecified atom stereocenters. The van der Waals surface area contributed by atoms with Crippen LogP contribution in [-0.4, -0.2) is 24.6 Å². The maximum atomic E-state index is 11.8. The molecule has 0 aliphatic rings.